The average molecular weight is 1240 g/mol. The predicted molar refractivity (Wildman–Crippen MR) is 361 cm³/mol. The van der Waals surface area contributed by atoms with Crippen molar-refractivity contribution in [1.82, 2.24) is 5.32 Å². The van der Waals surface area contributed by atoms with E-state index in [1.54, 1.807) is 0 Å². The highest BCUT2D eigenvalue weighted by Gasteiger charge is 2.48. The van der Waals surface area contributed by atoms with Crippen LogP contribution in [-0.4, -0.2) is 95.4 Å². The standard InChI is InChI=1S/C73H141NO11S/c1-3-5-7-9-11-13-15-17-19-21-23-25-26-27-28-29-30-31-32-33-34-35-36-37-38-39-40-41-42-43-45-47-49-51-53-55-57-59-61-63-69(77)74-66(65-83-73-71(79)72(85-86(80,81)82)70(78)68(64-75)84-73)67(76)62-60-58-56-54-52-50-48-46-44-24-22-20-18-16-14-12-10-8-6-4-2/h30-31,33-34,66-68,70-73,75-76,78-79H,3-29,32,35-65H2,1-2H3,(H,74,77)(H,80,81,82)/b31-30-,34-33-. The molecule has 0 radical (unpaired) electrons. The zero-order chi connectivity index (χ0) is 62.5. The van der Waals surface area contributed by atoms with Crippen molar-refractivity contribution >= 4 is 16.3 Å². The molecule has 0 saturated carbocycles. The molecular weight excluding hydrogens is 1100 g/mol. The smallest absolute Gasteiger partial charge is 0.394 e. The lowest BCUT2D eigenvalue weighted by atomic mass is 9.99. The normalized spacial score (nSPS) is 18.2. The summed E-state index contributed by atoms with van der Waals surface area (Å²) in [4.78, 5) is 13.2. The van der Waals surface area contributed by atoms with E-state index in [0.29, 0.717) is 12.8 Å². The van der Waals surface area contributed by atoms with Gasteiger partial charge in [0.2, 0.25) is 5.91 Å². The van der Waals surface area contributed by atoms with Crippen molar-refractivity contribution < 1.29 is 51.8 Å². The fourth-order valence-corrected chi connectivity index (χ4v) is 12.8. The van der Waals surface area contributed by atoms with E-state index in [2.05, 4.69) is 47.7 Å². The number of hydrogen-bond donors (Lipinski definition) is 6. The Bertz CT molecular complexity index is 1600. The van der Waals surface area contributed by atoms with Gasteiger partial charge in [0.05, 0.1) is 25.4 Å². The van der Waals surface area contributed by atoms with Gasteiger partial charge >= 0.3 is 10.4 Å². The van der Waals surface area contributed by atoms with Crippen LogP contribution < -0.4 is 5.32 Å². The molecule has 0 aliphatic carbocycles. The molecule has 0 spiro atoms. The summed E-state index contributed by atoms with van der Waals surface area (Å²) in [5.74, 6) is -0.222. The molecule has 7 atom stereocenters. The first-order chi connectivity index (χ1) is 42.0. The number of carbonyl (C=O) groups is 1. The van der Waals surface area contributed by atoms with E-state index in [-0.39, 0.29) is 12.5 Å². The number of rotatable bonds is 67. The van der Waals surface area contributed by atoms with Crippen LogP contribution in [0.15, 0.2) is 24.3 Å². The van der Waals surface area contributed by atoms with Gasteiger partial charge in [0.25, 0.3) is 0 Å². The van der Waals surface area contributed by atoms with Crippen LogP contribution in [0.25, 0.3) is 0 Å². The monoisotopic (exact) mass is 1240 g/mol. The first-order valence-corrected chi connectivity index (χ1v) is 38.6. The number of aliphatic hydroxyl groups is 4. The van der Waals surface area contributed by atoms with Gasteiger partial charge < -0.3 is 35.2 Å². The number of carbonyl (C=O) groups excluding carboxylic acids is 1. The van der Waals surface area contributed by atoms with Gasteiger partial charge in [0.15, 0.2) is 6.29 Å². The van der Waals surface area contributed by atoms with Gasteiger partial charge in [-0.25, -0.2) is 4.18 Å². The maximum Gasteiger partial charge on any atom is 0.397 e. The summed E-state index contributed by atoms with van der Waals surface area (Å²) >= 11 is 0. The quantitative estimate of drug-likeness (QED) is 0.0193. The minimum atomic E-state index is -5.08. The van der Waals surface area contributed by atoms with Crippen molar-refractivity contribution in [1.29, 1.82) is 0 Å². The summed E-state index contributed by atoms with van der Waals surface area (Å²) in [5, 5.41) is 45.3. The second-order valence-electron chi connectivity index (χ2n) is 26.2. The van der Waals surface area contributed by atoms with Crippen molar-refractivity contribution in [3.05, 3.63) is 24.3 Å². The lowest BCUT2D eigenvalue weighted by molar-refractivity contribution is -0.298. The molecule has 0 bridgehead atoms. The van der Waals surface area contributed by atoms with Gasteiger partial charge in [-0.1, -0.05) is 353 Å². The van der Waals surface area contributed by atoms with E-state index in [4.69, 9.17) is 9.47 Å². The lowest BCUT2D eigenvalue weighted by Crippen LogP contribution is -2.61. The maximum atomic E-state index is 13.2. The molecule has 1 aliphatic rings. The highest BCUT2D eigenvalue weighted by molar-refractivity contribution is 7.80. The molecule has 0 aromatic carbocycles. The number of aliphatic hydroxyl groups excluding tert-OH is 4. The summed E-state index contributed by atoms with van der Waals surface area (Å²) < 4.78 is 48.1. The molecular formula is C73H141NO11S. The Balaban J connectivity index is 2.15. The molecule has 12 nitrogen and oxygen atoms in total. The molecule has 1 heterocycles. The molecule has 13 heteroatoms. The minimum absolute atomic E-state index is 0.222. The molecule has 1 rings (SSSR count). The van der Waals surface area contributed by atoms with Gasteiger partial charge in [-0.3, -0.25) is 9.35 Å². The van der Waals surface area contributed by atoms with Gasteiger partial charge in [-0.15, -0.1) is 0 Å². The third-order valence-corrected chi connectivity index (χ3v) is 18.5. The molecule has 1 saturated heterocycles. The second-order valence-corrected chi connectivity index (χ2v) is 27.3. The average Bonchev–Trinajstić information content (AvgIpc) is 1.66. The van der Waals surface area contributed by atoms with E-state index < -0.39 is 59.9 Å². The number of hydrogen-bond acceptors (Lipinski definition) is 10. The van der Waals surface area contributed by atoms with Crippen LogP contribution in [0.5, 0.6) is 0 Å². The van der Waals surface area contributed by atoms with Crippen molar-refractivity contribution in [3.63, 3.8) is 0 Å². The van der Waals surface area contributed by atoms with E-state index in [0.717, 1.165) is 57.8 Å². The molecule has 1 amide bonds. The van der Waals surface area contributed by atoms with Gasteiger partial charge in [0.1, 0.15) is 24.4 Å². The fourth-order valence-electron chi connectivity index (χ4n) is 12.3. The molecule has 6 N–H and O–H groups in total. The Morgan fingerprint density at radius 2 is 0.779 bits per heavy atom. The van der Waals surface area contributed by atoms with E-state index in [1.807, 2.05) is 0 Å². The summed E-state index contributed by atoms with van der Waals surface area (Å²) in [5.41, 5.74) is 0. The van der Waals surface area contributed by atoms with E-state index in [1.165, 1.54) is 295 Å². The van der Waals surface area contributed by atoms with Crippen LogP contribution in [0.2, 0.25) is 0 Å². The van der Waals surface area contributed by atoms with Crippen molar-refractivity contribution in [2.45, 2.75) is 423 Å². The second kappa shape index (κ2) is 62.4. The Morgan fingerprint density at radius 1 is 0.465 bits per heavy atom. The van der Waals surface area contributed by atoms with Crippen LogP contribution in [0.3, 0.4) is 0 Å². The van der Waals surface area contributed by atoms with Crippen LogP contribution in [-0.2, 0) is 28.9 Å². The highest BCUT2D eigenvalue weighted by Crippen LogP contribution is 2.27. The number of allylic oxidation sites excluding steroid dienone is 4. The first-order valence-electron chi connectivity index (χ1n) is 37.2. The van der Waals surface area contributed by atoms with Crippen LogP contribution >= 0.6 is 0 Å². The van der Waals surface area contributed by atoms with Gasteiger partial charge in [0, 0.05) is 6.42 Å². The van der Waals surface area contributed by atoms with Gasteiger partial charge in [-0.2, -0.15) is 8.42 Å². The van der Waals surface area contributed by atoms with Crippen molar-refractivity contribution in [3.8, 4) is 0 Å². The topological polar surface area (TPSA) is 192 Å². The largest absolute Gasteiger partial charge is 0.397 e. The molecule has 7 unspecified atom stereocenters. The van der Waals surface area contributed by atoms with Crippen LogP contribution in [0, 0.1) is 0 Å². The Hall–Kier alpha value is -1.42. The highest BCUT2D eigenvalue weighted by atomic mass is 32.3. The SMILES string of the molecule is CCCCCCCCCCCCCCCCC/C=C\C/C=C\CCCCCCCCCCCCCCCCCCCC(=O)NC(COC1OC(CO)C(O)C(OS(=O)(=O)O)C1O)C(O)CCCCCCCCCCCCCCCCCCCCCC. The zero-order valence-electron chi connectivity index (χ0n) is 56.2. The maximum absolute atomic E-state index is 13.2. The fraction of sp³-hybridized carbons (Fsp3) is 0.932. The molecule has 0 aromatic rings. The van der Waals surface area contributed by atoms with E-state index >= 15 is 0 Å². The third kappa shape index (κ3) is 53.3. The summed E-state index contributed by atoms with van der Waals surface area (Å²) in [6.07, 6.45) is 72.4. The summed E-state index contributed by atoms with van der Waals surface area (Å²) in [6, 6.07) is -0.858. The Kier molecular flexibility index (Phi) is 59.9. The number of nitrogens with one attached hydrogen (secondary N) is 1. The minimum Gasteiger partial charge on any atom is -0.394 e. The molecule has 1 aliphatic heterocycles. The number of unbranched alkanes of at least 4 members (excludes halogenated alkanes) is 51. The Morgan fingerprint density at radius 3 is 1.10 bits per heavy atom. The molecule has 1 fully saturated rings. The van der Waals surface area contributed by atoms with Crippen LogP contribution in [0.4, 0.5) is 0 Å². The predicted octanol–water partition coefficient (Wildman–Crippen LogP) is 19.9. The summed E-state index contributed by atoms with van der Waals surface area (Å²) in [7, 11) is -5.08. The molecule has 0 aromatic heterocycles. The number of ether oxygens (including phenoxy) is 2. The first kappa shape index (κ1) is 82.6. The number of amides is 1. The van der Waals surface area contributed by atoms with Crippen molar-refractivity contribution in [2.75, 3.05) is 13.2 Å². The van der Waals surface area contributed by atoms with Gasteiger partial charge in [-0.05, 0) is 44.9 Å². The third-order valence-electron chi connectivity index (χ3n) is 18.0. The molecule has 86 heavy (non-hydrogen) atoms. The molecule has 510 valence electrons. The van der Waals surface area contributed by atoms with Crippen molar-refractivity contribution in [2.24, 2.45) is 0 Å². The van der Waals surface area contributed by atoms with Crippen LogP contribution in [0.1, 0.15) is 380 Å². The zero-order valence-corrected chi connectivity index (χ0v) is 57.0. The lowest BCUT2D eigenvalue weighted by Gasteiger charge is -2.41. The van der Waals surface area contributed by atoms with E-state index in [9.17, 15) is 38.2 Å². The summed E-state index contributed by atoms with van der Waals surface area (Å²) in [6.45, 7) is 3.52. The Labute approximate surface area is 531 Å².